The van der Waals surface area contributed by atoms with E-state index in [0.29, 0.717) is 47.3 Å². The molecule has 7 heteroatoms. The summed E-state index contributed by atoms with van der Waals surface area (Å²) in [7, 11) is 9.86. The zero-order valence-corrected chi connectivity index (χ0v) is 21.5. The fourth-order valence-corrected chi connectivity index (χ4v) is 4.57. The smallest absolute Gasteiger partial charge is 0.257 e. The lowest BCUT2D eigenvalue weighted by Gasteiger charge is -2.21. The maximum atomic E-state index is 13.1. The lowest BCUT2D eigenvalue weighted by atomic mass is 9.95. The van der Waals surface area contributed by atoms with Gasteiger partial charge in [0.2, 0.25) is 0 Å². The Bertz CT molecular complexity index is 1410. The number of hydrogen-bond donors (Lipinski definition) is 0. The molecule has 0 saturated heterocycles. The third-order valence-corrected chi connectivity index (χ3v) is 6.45. The third kappa shape index (κ3) is 4.44. The first-order valence-corrected chi connectivity index (χ1v) is 11.6. The molecule has 36 heavy (non-hydrogen) atoms. The van der Waals surface area contributed by atoms with Crippen LogP contribution in [0.5, 0.6) is 28.7 Å². The molecular formula is C29H31NO6. The van der Waals surface area contributed by atoms with Crippen LogP contribution >= 0.6 is 0 Å². The summed E-state index contributed by atoms with van der Waals surface area (Å²) in [5, 5.41) is 3.89. The van der Waals surface area contributed by atoms with E-state index in [1.165, 1.54) is 0 Å². The van der Waals surface area contributed by atoms with E-state index in [4.69, 9.17) is 23.7 Å². The molecule has 0 aliphatic heterocycles. The van der Waals surface area contributed by atoms with Gasteiger partial charge < -0.3 is 28.6 Å². The molecule has 188 valence electrons. The van der Waals surface area contributed by atoms with E-state index < -0.39 is 0 Å². The van der Waals surface area contributed by atoms with Gasteiger partial charge in [-0.25, -0.2) is 0 Å². The Balaban J connectivity index is 1.78. The second-order valence-electron chi connectivity index (χ2n) is 8.36. The van der Waals surface area contributed by atoms with E-state index in [0.717, 1.165) is 27.1 Å². The van der Waals surface area contributed by atoms with Crippen molar-refractivity contribution in [3.8, 4) is 28.7 Å². The number of benzene rings is 4. The molecular weight excluding hydrogens is 458 g/mol. The van der Waals surface area contributed by atoms with Gasteiger partial charge in [0.1, 0.15) is 5.75 Å². The molecule has 1 amide bonds. The van der Waals surface area contributed by atoms with Crippen LogP contribution in [0.1, 0.15) is 15.9 Å². The molecule has 0 aliphatic rings. The highest BCUT2D eigenvalue weighted by molar-refractivity contribution is 6.13. The molecule has 0 bridgehead atoms. The van der Waals surface area contributed by atoms with Crippen LogP contribution in [0.3, 0.4) is 0 Å². The summed E-state index contributed by atoms with van der Waals surface area (Å²) in [5.74, 6) is 3.02. The molecule has 4 aromatic rings. The van der Waals surface area contributed by atoms with Crippen molar-refractivity contribution in [2.24, 2.45) is 0 Å². The van der Waals surface area contributed by atoms with Gasteiger partial charge in [-0.2, -0.15) is 0 Å². The molecule has 0 saturated carbocycles. The van der Waals surface area contributed by atoms with E-state index in [2.05, 4.69) is 12.1 Å². The summed E-state index contributed by atoms with van der Waals surface area (Å²) >= 11 is 0. The molecule has 0 aromatic heterocycles. The first-order chi connectivity index (χ1) is 17.5. The van der Waals surface area contributed by atoms with Crippen LogP contribution in [-0.2, 0) is 6.42 Å². The quantitative estimate of drug-likeness (QED) is 0.295. The van der Waals surface area contributed by atoms with E-state index in [1.807, 2.05) is 30.3 Å². The number of fused-ring (bicyclic) bond motifs is 3. The van der Waals surface area contributed by atoms with Crippen molar-refractivity contribution in [2.75, 3.05) is 49.1 Å². The van der Waals surface area contributed by atoms with Gasteiger partial charge >= 0.3 is 0 Å². The van der Waals surface area contributed by atoms with Gasteiger partial charge in [0, 0.05) is 19.0 Å². The van der Waals surface area contributed by atoms with Crippen molar-refractivity contribution in [1.82, 2.24) is 4.90 Å². The summed E-state index contributed by atoms with van der Waals surface area (Å²) in [6, 6.07) is 17.3. The lowest BCUT2D eigenvalue weighted by Crippen LogP contribution is -2.29. The number of likely N-dealkylation sites (N-methyl/N-ethyl adjacent to an activating group) is 1. The molecule has 0 radical (unpaired) electrons. The lowest BCUT2D eigenvalue weighted by molar-refractivity contribution is 0.0793. The van der Waals surface area contributed by atoms with Gasteiger partial charge in [-0.05, 0) is 58.5 Å². The molecule has 4 aromatic carbocycles. The second-order valence-corrected chi connectivity index (χ2v) is 8.36. The van der Waals surface area contributed by atoms with Gasteiger partial charge in [-0.1, -0.05) is 24.3 Å². The van der Waals surface area contributed by atoms with Crippen LogP contribution < -0.4 is 23.7 Å². The number of rotatable bonds is 9. The van der Waals surface area contributed by atoms with Crippen molar-refractivity contribution >= 4 is 27.5 Å². The number of carbonyl (C=O) groups is 1. The van der Waals surface area contributed by atoms with Crippen LogP contribution in [0.25, 0.3) is 21.5 Å². The first kappa shape index (κ1) is 25.0. The highest BCUT2D eigenvalue weighted by Crippen LogP contribution is 2.44. The monoisotopic (exact) mass is 489 g/mol. The van der Waals surface area contributed by atoms with E-state index in [9.17, 15) is 4.79 Å². The number of hydrogen-bond acceptors (Lipinski definition) is 6. The number of ether oxygens (including phenoxy) is 5. The van der Waals surface area contributed by atoms with Crippen molar-refractivity contribution in [2.45, 2.75) is 6.42 Å². The van der Waals surface area contributed by atoms with Gasteiger partial charge in [0.25, 0.3) is 5.91 Å². The van der Waals surface area contributed by atoms with Crippen molar-refractivity contribution in [3.05, 3.63) is 65.7 Å². The molecule has 0 fully saturated rings. The Labute approximate surface area is 211 Å². The summed E-state index contributed by atoms with van der Waals surface area (Å²) in [6.07, 6.45) is 0.618. The molecule has 0 heterocycles. The Morgan fingerprint density at radius 1 is 0.722 bits per heavy atom. The third-order valence-electron chi connectivity index (χ3n) is 6.45. The number of amides is 1. The average molecular weight is 490 g/mol. The van der Waals surface area contributed by atoms with Crippen LogP contribution in [-0.4, -0.2) is 59.9 Å². The Kier molecular flexibility index (Phi) is 7.38. The molecule has 7 nitrogen and oxygen atoms in total. The number of carbonyl (C=O) groups excluding carboxylic acids is 1. The summed E-state index contributed by atoms with van der Waals surface area (Å²) < 4.78 is 28.0. The fourth-order valence-electron chi connectivity index (χ4n) is 4.57. The summed E-state index contributed by atoms with van der Waals surface area (Å²) in [5.41, 5.74) is 1.57. The van der Waals surface area contributed by atoms with Gasteiger partial charge in [0.15, 0.2) is 23.0 Å². The summed E-state index contributed by atoms with van der Waals surface area (Å²) in [4.78, 5) is 14.8. The zero-order valence-electron chi connectivity index (χ0n) is 21.5. The average Bonchev–Trinajstić information content (AvgIpc) is 2.93. The Morgan fingerprint density at radius 2 is 1.39 bits per heavy atom. The van der Waals surface area contributed by atoms with E-state index in [-0.39, 0.29) is 5.91 Å². The molecule has 0 N–H and O–H groups in total. The van der Waals surface area contributed by atoms with Crippen molar-refractivity contribution in [3.63, 3.8) is 0 Å². The second kappa shape index (κ2) is 10.6. The first-order valence-electron chi connectivity index (χ1n) is 11.6. The molecule has 4 rings (SSSR count). The van der Waals surface area contributed by atoms with E-state index in [1.54, 1.807) is 59.6 Å². The predicted octanol–water partition coefficient (Wildman–Crippen LogP) is 5.35. The normalized spacial score (nSPS) is 10.8. The van der Waals surface area contributed by atoms with Crippen LogP contribution in [0, 0.1) is 0 Å². The number of methoxy groups -OCH3 is 5. The fraction of sp³-hybridized carbons (Fsp3) is 0.276. The molecule has 0 spiro atoms. The molecule has 0 aliphatic carbocycles. The maximum absolute atomic E-state index is 13.1. The van der Waals surface area contributed by atoms with Crippen LogP contribution in [0.15, 0.2) is 54.6 Å². The molecule has 0 unspecified atom stereocenters. The van der Waals surface area contributed by atoms with E-state index >= 15 is 0 Å². The van der Waals surface area contributed by atoms with Gasteiger partial charge in [-0.15, -0.1) is 0 Å². The van der Waals surface area contributed by atoms with Crippen molar-refractivity contribution < 1.29 is 28.5 Å². The number of para-hydroxylation sites is 1. The topological polar surface area (TPSA) is 66.5 Å². The van der Waals surface area contributed by atoms with Gasteiger partial charge in [-0.3, -0.25) is 4.79 Å². The summed E-state index contributed by atoms with van der Waals surface area (Å²) in [6.45, 7) is 0.505. The van der Waals surface area contributed by atoms with Crippen molar-refractivity contribution in [1.29, 1.82) is 0 Å². The van der Waals surface area contributed by atoms with Crippen LogP contribution in [0.2, 0.25) is 0 Å². The maximum Gasteiger partial charge on any atom is 0.257 e. The standard InChI is InChI=1S/C29H31NO6/c1-30(29(31)21-9-7-8-10-23(21)32-2)14-13-19-16-26(35-5)28(36-6)27-20(19)12-11-18-15-24(33-3)25(34-4)17-22(18)27/h7-12,15-17H,13-14H2,1-6H3. The highest BCUT2D eigenvalue weighted by atomic mass is 16.5. The largest absolute Gasteiger partial charge is 0.496 e. The number of nitrogens with zero attached hydrogens (tertiary/aromatic N) is 1. The predicted molar refractivity (Wildman–Crippen MR) is 141 cm³/mol. The zero-order chi connectivity index (χ0) is 25.8. The highest BCUT2D eigenvalue weighted by Gasteiger charge is 2.20. The minimum atomic E-state index is -0.0977. The molecule has 0 atom stereocenters. The minimum absolute atomic E-state index is 0.0977. The Morgan fingerprint density at radius 3 is 2.06 bits per heavy atom. The van der Waals surface area contributed by atoms with Crippen LogP contribution in [0.4, 0.5) is 0 Å². The minimum Gasteiger partial charge on any atom is -0.496 e. The van der Waals surface area contributed by atoms with Gasteiger partial charge in [0.05, 0.1) is 41.1 Å². The SMILES string of the molecule is COc1cc2ccc3c(CCN(C)C(=O)c4ccccc4OC)cc(OC)c(OC)c3c2cc1OC. The Hall–Kier alpha value is -4.13.